The van der Waals surface area contributed by atoms with Crippen molar-refractivity contribution >= 4 is 29.2 Å². The van der Waals surface area contributed by atoms with Gasteiger partial charge in [0.15, 0.2) is 5.96 Å². The number of benzene rings is 1. The lowest BCUT2D eigenvalue weighted by Gasteiger charge is -2.22. The molecule has 0 bridgehead atoms. The Bertz CT molecular complexity index is 616. The number of likely N-dealkylation sites (tertiary alicyclic amines) is 1. The number of nitrogens with zero attached hydrogens (tertiary/aromatic N) is 2. The van der Waals surface area contributed by atoms with Gasteiger partial charge >= 0.3 is 0 Å². The van der Waals surface area contributed by atoms with Gasteiger partial charge in [-0.15, -0.1) is 0 Å². The third kappa shape index (κ3) is 7.03. The standard InChI is InChI=1S/C19H29Cl2N3O3/c1-3-22-19(24-9-8-14(11-24)12-26-4-2)23-10-15(25)13-27-17-7-5-6-16(20)18(17)21/h5-7,14-15,25H,3-4,8-13H2,1-2H3,(H,22,23). The Hall–Kier alpha value is -1.21. The summed E-state index contributed by atoms with van der Waals surface area (Å²) in [6.07, 6.45) is 0.346. The van der Waals surface area contributed by atoms with E-state index in [1.165, 1.54) is 0 Å². The monoisotopic (exact) mass is 417 g/mol. The summed E-state index contributed by atoms with van der Waals surface area (Å²) in [5.41, 5.74) is 0. The zero-order valence-electron chi connectivity index (χ0n) is 16.0. The molecule has 8 heteroatoms. The van der Waals surface area contributed by atoms with Crippen molar-refractivity contribution in [3.63, 3.8) is 0 Å². The van der Waals surface area contributed by atoms with Crippen LogP contribution in [0.1, 0.15) is 20.3 Å². The van der Waals surface area contributed by atoms with E-state index in [0.29, 0.717) is 21.7 Å². The van der Waals surface area contributed by atoms with Crippen LogP contribution in [0.3, 0.4) is 0 Å². The first-order valence-corrected chi connectivity index (χ1v) is 10.2. The molecule has 2 unspecified atom stereocenters. The highest BCUT2D eigenvalue weighted by Gasteiger charge is 2.25. The second-order valence-electron chi connectivity index (χ2n) is 6.47. The van der Waals surface area contributed by atoms with Crippen LogP contribution in [0.15, 0.2) is 23.2 Å². The minimum atomic E-state index is -0.740. The van der Waals surface area contributed by atoms with Crippen molar-refractivity contribution < 1.29 is 14.6 Å². The first-order chi connectivity index (χ1) is 13.0. The lowest BCUT2D eigenvalue weighted by molar-refractivity contribution is 0.113. The number of rotatable bonds is 9. The number of hydrogen-bond donors (Lipinski definition) is 2. The summed E-state index contributed by atoms with van der Waals surface area (Å²) in [6, 6.07) is 5.16. The average molecular weight is 418 g/mol. The molecule has 1 aliphatic rings. The molecule has 1 saturated heterocycles. The Morgan fingerprint density at radius 3 is 2.96 bits per heavy atom. The van der Waals surface area contributed by atoms with E-state index in [4.69, 9.17) is 32.7 Å². The zero-order chi connectivity index (χ0) is 19.6. The largest absolute Gasteiger partial charge is 0.489 e. The van der Waals surface area contributed by atoms with Crippen LogP contribution < -0.4 is 10.1 Å². The summed E-state index contributed by atoms with van der Waals surface area (Å²) in [5.74, 6) is 1.79. The van der Waals surface area contributed by atoms with Crippen molar-refractivity contribution in [2.75, 3.05) is 46.0 Å². The Morgan fingerprint density at radius 2 is 2.22 bits per heavy atom. The van der Waals surface area contributed by atoms with E-state index in [9.17, 15) is 5.11 Å². The highest BCUT2D eigenvalue weighted by atomic mass is 35.5. The van der Waals surface area contributed by atoms with Gasteiger partial charge in [-0.2, -0.15) is 0 Å². The Balaban J connectivity index is 1.85. The smallest absolute Gasteiger partial charge is 0.194 e. The van der Waals surface area contributed by atoms with Gasteiger partial charge in [0.1, 0.15) is 23.5 Å². The summed E-state index contributed by atoms with van der Waals surface area (Å²) in [4.78, 5) is 6.78. The third-order valence-electron chi connectivity index (χ3n) is 4.28. The van der Waals surface area contributed by atoms with E-state index in [1.54, 1.807) is 18.2 Å². The summed E-state index contributed by atoms with van der Waals surface area (Å²) in [6.45, 7) is 8.53. The summed E-state index contributed by atoms with van der Waals surface area (Å²) >= 11 is 12.1. The van der Waals surface area contributed by atoms with Gasteiger partial charge in [-0.05, 0) is 32.4 Å². The molecule has 2 atom stereocenters. The van der Waals surface area contributed by atoms with E-state index >= 15 is 0 Å². The number of guanidine groups is 1. The van der Waals surface area contributed by atoms with E-state index in [-0.39, 0.29) is 13.2 Å². The molecule has 6 nitrogen and oxygen atoms in total. The van der Waals surface area contributed by atoms with Crippen LogP contribution in [0, 0.1) is 5.92 Å². The van der Waals surface area contributed by atoms with Gasteiger partial charge in [-0.1, -0.05) is 29.3 Å². The molecule has 0 spiro atoms. The number of hydrogen-bond acceptors (Lipinski definition) is 4. The molecular weight excluding hydrogens is 389 g/mol. The fourth-order valence-electron chi connectivity index (χ4n) is 2.90. The van der Waals surface area contributed by atoms with Crippen LogP contribution in [0.25, 0.3) is 0 Å². The molecule has 2 N–H and O–H groups in total. The van der Waals surface area contributed by atoms with Gasteiger partial charge in [0.2, 0.25) is 0 Å². The molecule has 0 amide bonds. The molecular formula is C19H29Cl2N3O3. The molecule has 0 aliphatic carbocycles. The zero-order valence-corrected chi connectivity index (χ0v) is 17.5. The van der Waals surface area contributed by atoms with Crippen LogP contribution in [-0.2, 0) is 4.74 Å². The molecule has 0 saturated carbocycles. The number of aliphatic hydroxyl groups excluding tert-OH is 1. The molecule has 1 aromatic rings. The third-order valence-corrected chi connectivity index (χ3v) is 5.08. The molecule has 0 radical (unpaired) electrons. The SMILES string of the molecule is CCNC(=NCC(O)COc1cccc(Cl)c1Cl)N1CCC(COCC)C1. The normalized spacial score (nSPS) is 18.6. The minimum Gasteiger partial charge on any atom is -0.489 e. The quantitative estimate of drug-likeness (QED) is 0.477. The van der Waals surface area contributed by atoms with Gasteiger partial charge in [-0.25, -0.2) is 0 Å². The van der Waals surface area contributed by atoms with E-state index in [0.717, 1.165) is 45.2 Å². The van der Waals surface area contributed by atoms with Crippen molar-refractivity contribution in [1.82, 2.24) is 10.2 Å². The molecule has 0 aromatic heterocycles. The van der Waals surface area contributed by atoms with Gasteiger partial charge in [0, 0.05) is 32.2 Å². The maximum absolute atomic E-state index is 10.2. The maximum atomic E-state index is 10.2. The van der Waals surface area contributed by atoms with Crippen LogP contribution in [0.5, 0.6) is 5.75 Å². The Morgan fingerprint density at radius 1 is 1.41 bits per heavy atom. The van der Waals surface area contributed by atoms with Crippen molar-refractivity contribution in [3.8, 4) is 5.75 Å². The Kier molecular flexibility index (Phi) is 9.48. The fourth-order valence-corrected chi connectivity index (χ4v) is 3.24. The highest BCUT2D eigenvalue weighted by Crippen LogP contribution is 2.31. The number of aliphatic hydroxyl groups is 1. The number of ether oxygens (including phenoxy) is 2. The minimum absolute atomic E-state index is 0.0932. The molecule has 1 aliphatic heterocycles. The molecule has 1 fully saturated rings. The van der Waals surface area contributed by atoms with Crippen LogP contribution in [0.2, 0.25) is 10.0 Å². The molecule has 2 rings (SSSR count). The predicted octanol–water partition coefficient (Wildman–Crippen LogP) is 3.06. The van der Waals surface area contributed by atoms with E-state index < -0.39 is 6.10 Å². The van der Waals surface area contributed by atoms with Crippen molar-refractivity contribution in [1.29, 1.82) is 0 Å². The van der Waals surface area contributed by atoms with E-state index in [2.05, 4.69) is 15.2 Å². The maximum Gasteiger partial charge on any atom is 0.194 e. The second-order valence-corrected chi connectivity index (χ2v) is 7.26. The van der Waals surface area contributed by atoms with Crippen molar-refractivity contribution in [3.05, 3.63) is 28.2 Å². The predicted molar refractivity (Wildman–Crippen MR) is 110 cm³/mol. The van der Waals surface area contributed by atoms with Gasteiger partial charge in [0.25, 0.3) is 0 Å². The second kappa shape index (κ2) is 11.6. The highest BCUT2D eigenvalue weighted by molar-refractivity contribution is 6.42. The molecule has 152 valence electrons. The van der Waals surface area contributed by atoms with Gasteiger partial charge in [0.05, 0.1) is 18.2 Å². The van der Waals surface area contributed by atoms with Gasteiger partial charge in [-0.3, -0.25) is 4.99 Å². The summed E-state index contributed by atoms with van der Waals surface area (Å²) < 4.78 is 11.1. The molecule has 1 aromatic carbocycles. The van der Waals surface area contributed by atoms with Crippen LogP contribution >= 0.6 is 23.2 Å². The average Bonchev–Trinajstić information content (AvgIpc) is 3.13. The first kappa shape index (κ1) is 22.1. The van der Waals surface area contributed by atoms with Crippen LogP contribution in [-0.4, -0.2) is 68.1 Å². The lowest BCUT2D eigenvalue weighted by Crippen LogP contribution is -2.41. The first-order valence-electron chi connectivity index (χ1n) is 9.41. The van der Waals surface area contributed by atoms with Crippen molar-refractivity contribution in [2.24, 2.45) is 10.9 Å². The molecule has 1 heterocycles. The molecule has 27 heavy (non-hydrogen) atoms. The Labute approximate surface area is 171 Å². The number of halogens is 2. The summed E-state index contributed by atoms with van der Waals surface area (Å²) in [5, 5.41) is 14.3. The number of aliphatic imine (C=N–C) groups is 1. The van der Waals surface area contributed by atoms with Crippen molar-refractivity contribution in [2.45, 2.75) is 26.4 Å². The van der Waals surface area contributed by atoms with E-state index in [1.807, 2.05) is 13.8 Å². The fraction of sp³-hybridized carbons (Fsp3) is 0.632. The van der Waals surface area contributed by atoms with Gasteiger partial charge < -0.3 is 24.8 Å². The number of nitrogens with one attached hydrogen (secondary N) is 1. The van der Waals surface area contributed by atoms with Crippen LogP contribution in [0.4, 0.5) is 0 Å². The topological polar surface area (TPSA) is 66.3 Å². The summed E-state index contributed by atoms with van der Waals surface area (Å²) in [7, 11) is 0. The lowest BCUT2D eigenvalue weighted by atomic mass is 10.1.